The van der Waals surface area contributed by atoms with Gasteiger partial charge >= 0.3 is 0 Å². The molecule has 60 heavy (non-hydrogen) atoms. The molecule has 2 nitrogen and oxygen atoms in total. The van der Waals surface area contributed by atoms with Crippen LogP contribution in [0, 0.1) is 0 Å². The average Bonchev–Trinajstić information content (AvgIpc) is 3.68. The van der Waals surface area contributed by atoms with E-state index in [1.807, 2.05) is 0 Å². The molecule has 1 heterocycles. The molecule has 0 fully saturated rings. The van der Waals surface area contributed by atoms with Gasteiger partial charge in [-0.25, -0.2) is 0 Å². The van der Waals surface area contributed by atoms with E-state index < -0.39 is 0 Å². The molecule has 0 saturated carbocycles. The first-order valence-corrected chi connectivity index (χ1v) is 21.1. The van der Waals surface area contributed by atoms with Crippen LogP contribution in [0.2, 0.25) is 0 Å². The van der Waals surface area contributed by atoms with Crippen molar-refractivity contribution in [3.63, 3.8) is 0 Å². The minimum absolute atomic E-state index is 0.900. The van der Waals surface area contributed by atoms with Crippen LogP contribution in [0.1, 0.15) is 0 Å². The summed E-state index contributed by atoms with van der Waals surface area (Å²) in [6, 6.07) is 55.0. The van der Waals surface area contributed by atoms with Crippen molar-refractivity contribution in [2.75, 3.05) is 4.90 Å². The number of fused-ring (bicyclic) bond motifs is 6. The van der Waals surface area contributed by atoms with Crippen LogP contribution < -0.4 is 48.6 Å². The monoisotopic (exact) mass is 759 g/mol. The minimum atomic E-state index is 0.900. The Labute approximate surface area is 359 Å². The summed E-state index contributed by atoms with van der Waals surface area (Å²) in [5, 5.41) is 7.14. The van der Waals surface area contributed by atoms with Crippen LogP contribution >= 0.6 is 0 Å². The Bertz CT molecular complexity index is 3320. The fourth-order valence-electron chi connectivity index (χ4n) is 10.1. The lowest BCUT2D eigenvalue weighted by molar-refractivity contribution is 0.673. The normalized spacial score (nSPS) is 11.5. The van der Waals surface area contributed by atoms with Gasteiger partial charge in [0.05, 0.1) is 0 Å². The van der Waals surface area contributed by atoms with Crippen LogP contribution in [0.15, 0.2) is 156 Å². The Morgan fingerprint density at radius 1 is 0.367 bits per heavy atom. The molecule has 0 bridgehead atoms. The summed E-state index contributed by atoms with van der Waals surface area (Å²) in [7, 11) is 18.5. The predicted octanol–water partition coefficient (Wildman–Crippen LogP) is 0.430. The van der Waals surface area contributed by atoms with Crippen molar-refractivity contribution >= 4 is 167 Å². The fraction of sp³-hybridized carbons (Fsp3) is 0. The van der Waals surface area contributed by atoms with E-state index in [2.05, 4.69) is 219 Å². The van der Waals surface area contributed by atoms with Crippen molar-refractivity contribution < 1.29 is 4.42 Å². The zero-order chi connectivity index (χ0) is 41.4. The molecule has 0 amide bonds. The van der Waals surface area contributed by atoms with E-state index in [4.69, 9.17) is 4.42 Å². The first-order valence-electron chi connectivity index (χ1n) is 21.1. The van der Waals surface area contributed by atoms with E-state index in [1.165, 1.54) is 93.5 Å². The van der Waals surface area contributed by atoms with Gasteiger partial charge in [-0.05, 0) is 73.8 Å². The third kappa shape index (κ3) is 5.83. The van der Waals surface area contributed by atoms with Crippen molar-refractivity contribution in [3.8, 4) is 33.4 Å². The Balaban J connectivity index is 1.25. The van der Waals surface area contributed by atoms with Crippen LogP contribution in [0.25, 0.3) is 76.9 Å². The molecular formula is C50H41B8NO. The number of benzene rings is 9. The largest absolute Gasteiger partial charge is 0.455 e. The SMILES string of the molecule is Bc1c(B)c(N(c2cccc(-c3cccc4oc5c6ccccc6ccc5c34)c2)c2c(B)c(B)c(-c3cccc4ccccc34)c(B)c2B)c(B)c(B)c1-c1ccccc1. The van der Waals surface area contributed by atoms with Gasteiger partial charge in [-0.3, -0.25) is 0 Å². The Kier molecular flexibility index (Phi) is 9.28. The maximum Gasteiger partial charge on any atom is 0.143 e. The highest BCUT2D eigenvalue weighted by Crippen LogP contribution is 2.41. The van der Waals surface area contributed by atoms with Crippen LogP contribution in [0.5, 0.6) is 0 Å². The standard InChI is InChI=1S/C50H41B8NO/c51-40-37(28-13-2-1-3-14-28)41(52)45(56)48(44(40)55)59(49-46(57)42(53)39(43(54)47(49)58)34-21-9-15-26-11-4-6-18-31(26)34)30-17-8-16-29(25-30)32-20-10-22-36-38(32)35-24-23-27-12-5-7-19-33(27)50(35)60-36/h1-25H,51-58H2. The third-order valence-electron chi connectivity index (χ3n) is 13.5. The number of anilines is 3. The highest BCUT2D eigenvalue weighted by Gasteiger charge is 2.27. The van der Waals surface area contributed by atoms with Crippen LogP contribution in [-0.2, 0) is 0 Å². The van der Waals surface area contributed by atoms with E-state index in [0.29, 0.717) is 0 Å². The van der Waals surface area contributed by atoms with Crippen molar-refractivity contribution in [2.24, 2.45) is 0 Å². The summed E-state index contributed by atoms with van der Waals surface area (Å²) in [6.45, 7) is 0. The molecule has 0 spiro atoms. The molecule has 10 heteroatoms. The van der Waals surface area contributed by atoms with Gasteiger partial charge in [0.15, 0.2) is 0 Å². The molecule has 9 aromatic carbocycles. The molecule has 0 atom stereocenters. The predicted molar refractivity (Wildman–Crippen MR) is 285 cm³/mol. The van der Waals surface area contributed by atoms with Crippen LogP contribution in [0.4, 0.5) is 17.1 Å². The summed E-state index contributed by atoms with van der Waals surface area (Å²) in [5.41, 5.74) is 23.3. The molecule has 10 aromatic rings. The van der Waals surface area contributed by atoms with Gasteiger partial charge < -0.3 is 9.32 Å². The molecule has 0 aliphatic carbocycles. The van der Waals surface area contributed by atoms with Crippen LogP contribution in [0.3, 0.4) is 0 Å². The Morgan fingerprint density at radius 3 is 1.57 bits per heavy atom. The van der Waals surface area contributed by atoms with Gasteiger partial charge in [0.25, 0.3) is 0 Å². The van der Waals surface area contributed by atoms with Crippen molar-refractivity contribution in [1.82, 2.24) is 0 Å². The van der Waals surface area contributed by atoms with Gasteiger partial charge in [0.1, 0.15) is 73.9 Å². The van der Waals surface area contributed by atoms with Crippen LogP contribution in [-0.4, -0.2) is 62.8 Å². The summed E-state index contributed by atoms with van der Waals surface area (Å²) in [4.78, 5) is 2.58. The topological polar surface area (TPSA) is 16.4 Å². The fourth-order valence-corrected chi connectivity index (χ4v) is 10.1. The zero-order valence-corrected chi connectivity index (χ0v) is 35.8. The number of hydrogen-bond donors (Lipinski definition) is 0. The van der Waals surface area contributed by atoms with Crippen molar-refractivity contribution in [1.29, 1.82) is 0 Å². The summed E-state index contributed by atoms with van der Waals surface area (Å²) >= 11 is 0. The van der Waals surface area contributed by atoms with Gasteiger partial charge in [0.2, 0.25) is 0 Å². The summed E-state index contributed by atoms with van der Waals surface area (Å²) in [6.07, 6.45) is 0. The molecule has 0 aliphatic heterocycles. The third-order valence-corrected chi connectivity index (χ3v) is 13.5. The minimum Gasteiger partial charge on any atom is -0.455 e. The maximum absolute atomic E-state index is 6.67. The lowest BCUT2D eigenvalue weighted by atomic mass is 9.62. The van der Waals surface area contributed by atoms with E-state index in [-0.39, 0.29) is 0 Å². The lowest BCUT2D eigenvalue weighted by Gasteiger charge is -2.36. The average molecular weight is 758 g/mol. The maximum atomic E-state index is 6.67. The molecule has 10 rings (SSSR count). The van der Waals surface area contributed by atoms with Gasteiger partial charge in [-0.2, -0.15) is 0 Å². The molecule has 1 aromatic heterocycles. The number of furan rings is 1. The molecule has 0 aliphatic rings. The van der Waals surface area contributed by atoms with Gasteiger partial charge in [-0.1, -0.05) is 171 Å². The summed E-state index contributed by atoms with van der Waals surface area (Å²) in [5.74, 6) is 0. The van der Waals surface area contributed by atoms with Crippen molar-refractivity contribution in [2.45, 2.75) is 0 Å². The Hall–Kier alpha value is -6.38. The number of hydrogen-bond acceptors (Lipinski definition) is 2. The smallest absolute Gasteiger partial charge is 0.143 e. The van der Waals surface area contributed by atoms with Gasteiger partial charge in [-0.15, -0.1) is 0 Å². The van der Waals surface area contributed by atoms with Gasteiger partial charge in [0, 0.05) is 33.2 Å². The first kappa shape index (κ1) is 37.9. The molecular weight excluding hydrogens is 717 g/mol. The number of rotatable bonds is 6. The second-order valence-corrected chi connectivity index (χ2v) is 16.7. The van der Waals surface area contributed by atoms with E-state index in [0.717, 1.165) is 44.1 Å². The zero-order valence-electron chi connectivity index (χ0n) is 35.8. The quantitative estimate of drug-likeness (QED) is 0.229. The highest BCUT2D eigenvalue weighted by molar-refractivity contribution is 6.65. The number of nitrogens with zero attached hydrogens (tertiary/aromatic N) is 1. The highest BCUT2D eigenvalue weighted by atomic mass is 16.3. The first-order chi connectivity index (χ1) is 29.1. The molecule has 0 saturated heterocycles. The second-order valence-electron chi connectivity index (χ2n) is 16.7. The molecule has 0 unspecified atom stereocenters. The molecule has 0 radical (unpaired) electrons. The second kappa shape index (κ2) is 14.7. The van der Waals surface area contributed by atoms with Crippen molar-refractivity contribution in [3.05, 3.63) is 152 Å². The van der Waals surface area contributed by atoms with E-state index in [9.17, 15) is 0 Å². The lowest BCUT2D eigenvalue weighted by Crippen LogP contribution is -2.50. The summed E-state index contributed by atoms with van der Waals surface area (Å²) < 4.78 is 6.67. The Morgan fingerprint density at radius 2 is 0.883 bits per heavy atom. The van der Waals surface area contributed by atoms with E-state index >= 15 is 0 Å². The molecule has 0 N–H and O–H groups in total. The molecule has 276 valence electrons. The van der Waals surface area contributed by atoms with E-state index in [1.54, 1.807) is 0 Å².